The minimum atomic E-state index is -0.757. The Hall–Kier alpha value is -2.74. The van der Waals surface area contributed by atoms with Gasteiger partial charge < -0.3 is 10.1 Å². The zero-order valence-corrected chi connectivity index (χ0v) is 14.9. The van der Waals surface area contributed by atoms with Crippen LogP contribution in [0.1, 0.15) is 39.3 Å². The van der Waals surface area contributed by atoms with Gasteiger partial charge in [0.1, 0.15) is 4.88 Å². The summed E-state index contributed by atoms with van der Waals surface area (Å²) in [4.78, 5) is 33.8. The number of esters is 1. The summed E-state index contributed by atoms with van der Waals surface area (Å²) in [6, 6.07) is 8.22. The van der Waals surface area contributed by atoms with Crippen molar-refractivity contribution in [3.8, 4) is 0 Å². The van der Waals surface area contributed by atoms with Crippen LogP contribution in [0.15, 0.2) is 30.3 Å². The number of thiophene rings is 1. The highest BCUT2D eigenvalue weighted by atomic mass is 32.1. The van der Waals surface area contributed by atoms with Gasteiger partial charge in [-0.1, -0.05) is 29.5 Å². The van der Waals surface area contributed by atoms with Gasteiger partial charge in [0.25, 0.3) is 5.91 Å². The normalized spacial score (nSPS) is 11.6. The maximum atomic E-state index is 11.9. The topological polar surface area (TPSA) is 98.5 Å². The Morgan fingerprint density at radius 3 is 2.56 bits per heavy atom. The van der Waals surface area contributed by atoms with E-state index in [9.17, 15) is 19.7 Å². The van der Waals surface area contributed by atoms with Crippen LogP contribution in [0.25, 0.3) is 0 Å². The zero-order chi connectivity index (χ0) is 18.6. The fraction of sp³-hybridized carbons (Fsp3) is 0.294. The van der Waals surface area contributed by atoms with E-state index in [1.807, 2.05) is 39.0 Å². The second kappa shape index (κ2) is 7.89. The Kier molecular flexibility index (Phi) is 5.87. The molecule has 0 fully saturated rings. The highest BCUT2D eigenvalue weighted by Crippen LogP contribution is 2.24. The van der Waals surface area contributed by atoms with Crippen molar-refractivity contribution in [1.82, 2.24) is 5.32 Å². The number of carbonyl (C=O) groups is 2. The van der Waals surface area contributed by atoms with E-state index in [4.69, 9.17) is 4.74 Å². The maximum absolute atomic E-state index is 11.9. The molecule has 0 saturated carbocycles. The number of nitrogens with zero attached hydrogens (tertiary/aromatic N) is 1. The summed E-state index contributed by atoms with van der Waals surface area (Å²) in [6.45, 7) is 5.40. The van der Waals surface area contributed by atoms with Gasteiger partial charge in [0.2, 0.25) is 0 Å². The van der Waals surface area contributed by atoms with Gasteiger partial charge >= 0.3 is 11.0 Å². The highest BCUT2D eigenvalue weighted by Gasteiger charge is 2.18. The number of hydrogen-bond acceptors (Lipinski definition) is 6. The first-order valence-electron chi connectivity index (χ1n) is 7.56. The fourth-order valence-electron chi connectivity index (χ4n) is 2.14. The first-order chi connectivity index (χ1) is 11.8. The van der Waals surface area contributed by atoms with Crippen molar-refractivity contribution in [3.05, 3.63) is 62.0 Å². The predicted molar refractivity (Wildman–Crippen MR) is 93.7 cm³/mol. The van der Waals surface area contributed by atoms with Crippen LogP contribution in [-0.4, -0.2) is 23.4 Å². The Morgan fingerprint density at radius 1 is 1.24 bits per heavy atom. The van der Waals surface area contributed by atoms with Crippen LogP contribution in [-0.2, 0) is 9.53 Å². The monoisotopic (exact) mass is 362 g/mol. The molecule has 1 aromatic heterocycles. The number of ether oxygens (including phenoxy) is 1. The average Bonchev–Trinajstić information content (AvgIpc) is 3.05. The Bertz CT molecular complexity index is 815. The third-order valence-corrected chi connectivity index (χ3v) is 4.73. The summed E-state index contributed by atoms with van der Waals surface area (Å²) < 4.78 is 4.90. The van der Waals surface area contributed by atoms with Gasteiger partial charge in [-0.3, -0.25) is 14.9 Å². The SMILES string of the molecule is Cc1ccc([C@@H](C)NC(=O)COC(=O)c2ccc([N+](=O)[O-])s2)cc1C. The van der Waals surface area contributed by atoms with Crippen LogP contribution in [0.5, 0.6) is 0 Å². The molecular formula is C17H18N2O5S. The van der Waals surface area contributed by atoms with Gasteiger partial charge in [0, 0.05) is 6.07 Å². The summed E-state index contributed by atoms with van der Waals surface area (Å²) >= 11 is 0.709. The van der Waals surface area contributed by atoms with E-state index in [-0.39, 0.29) is 15.9 Å². The minimum Gasteiger partial charge on any atom is -0.451 e. The van der Waals surface area contributed by atoms with Gasteiger partial charge in [0.05, 0.1) is 11.0 Å². The number of nitrogens with one attached hydrogen (secondary N) is 1. The van der Waals surface area contributed by atoms with E-state index >= 15 is 0 Å². The molecule has 1 N–H and O–H groups in total. The first-order valence-corrected chi connectivity index (χ1v) is 8.37. The number of carbonyl (C=O) groups excluding carboxylic acids is 2. The molecule has 2 rings (SSSR count). The molecular weight excluding hydrogens is 344 g/mol. The smallest absolute Gasteiger partial charge is 0.349 e. The van der Waals surface area contributed by atoms with Crippen molar-refractivity contribution in [2.24, 2.45) is 0 Å². The van der Waals surface area contributed by atoms with Crippen molar-refractivity contribution in [2.75, 3.05) is 6.61 Å². The molecule has 8 heteroatoms. The highest BCUT2D eigenvalue weighted by molar-refractivity contribution is 7.17. The minimum absolute atomic E-state index is 0.0849. The van der Waals surface area contributed by atoms with Crippen LogP contribution >= 0.6 is 11.3 Å². The summed E-state index contributed by atoms with van der Waals surface area (Å²) in [7, 11) is 0. The second-order valence-electron chi connectivity index (χ2n) is 5.60. The number of nitro groups is 1. The van der Waals surface area contributed by atoms with E-state index in [0.717, 1.165) is 11.1 Å². The lowest BCUT2D eigenvalue weighted by Crippen LogP contribution is -2.31. The molecule has 1 amide bonds. The molecule has 0 spiro atoms. The summed E-state index contributed by atoms with van der Waals surface area (Å²) in [5, 5.41) is 13.2. The van der Waals surface area contributed by atoms with Gasteiger partial charge in [-0.15, -0.1) is 0 Å². The zero-order valence-electron chi connectivity index (χ0n) is 14.1. The second-order valence-corrected chi connectivity index (χ2v) is 6.67. The van der Waals surface area contributed by atoms with Crippen LogP contribution in [0.4, 0.5) is 5.00 Å². The van der Waals surface area contributed by atoms with E-state index in [1.54, 1.807) is 0 Å². The average molecular weight is 362 g/mol. The Balaban J connectivity index is 1.87. The molecule has 0 radical (unpaired) electrons. The summed E-state index contributed by atoms with van der Waals surface area (Å²) in [6.07, 6.45) is 0. The molecule has 2 aromatic rings. The molecule has 1 heterocycles. The standard InChI is InChI=1S/C17H18N2O5S/c1-10-4-5-13(8-11(10)2)12(3)18-15(20)9-24-17(21)14-6-7-16(25-14)19(22)23/h4-8,12H,9H2,1-3H3,(H,18,20)/t12-/m1/s1. The molecule has 132 valence electrons. The Morgan fingerprint density at radius 2 is 1.96 bits per heavy atom. The van der Waals surface area contributed by atoms with Crippen molar-refractivity contribution < 1.29 is 19.2 Å². The summed E-state index contributed by atoms with van der Waals surface area (Å²) in [5.74, 6) is -1.20. The fourth-order valence-corrected chi connectivity index (χ4v) is 2.85. The van der Waals surface area contributed by atoms with E-state index < -0.39 is 23.4 Å². The predicted octanol–water partition coefficient (Wildman–Crippen LogP) is 3.31. The number of aryl methyl sites for hydroxylation is 2. The molecule has 1 aromatic carbocycles. The van der Waals surface area contributed by atoms with Crippen LogP contribution in [0.2, 0.25) is 0 Å². The third-order valence-electron chi connectivity index (χ3n) is 3.72. The lowest BCUT2D eigenvalue weighted by Gasteiger charge is -2.15. The Labute approximate surface area is 148 Å². The lowest BCUT2D eigenvalue weighted by molar-refractivity contribution is -0.380. The number of hydrogen-bond donors (Lipinski definition) is 1. The summed E-state index contributed by atoms with van der Waals surface area (Å²) in [5.41, 5.74) is 3.25. The molecule has 0 bridgehead atoms. The van der Waals surface area contributed by atoms with Crippen molar-refractivity contribution >= 4 is 28.2 Å². The third kappa shape index (κ3) is 4.87. The molecule has 7 nitrogen and oxygen atoms in total. The molecule has 0 aliphatic rings. The van der Waals surface area contributed by atoms with Crippen molar-refractivity contribution in [2.45, 2.75) is 26.8 Å². The van der Waals surface area contributed by atoms with Gasteiger partial charge in [-0.25, -0.2) is 4.79 Å². The first kappa shape index (κ1) is 18.6. The molecule has 0 aliphatic carbocycles. The van der Waals surface area contributed by atoms with Crippen LogP contribution in [0, 0.1) is 24.0 Å². The van der Waals surface area contributed by atoms with Gasteiger partial charge in [-0.05, 0) is 43.5 Å². The largest absolute Gasteiger partial charge is 0.451 e. The van der Waals surface area contributed by atoms with E-state index in [2.05, 4.69) is 5.32 Å². The van der Waals surface area contributed by atoms with Gasteiger partial charge in [-0.2, -0.15) is 0 Å². The lowest BCUT2D eigenvalue weighted by atomic mass is 10.0. The van der Waals surface area contributed by atoms with E-state index in [0.29, 0.717) is 11.3 Å². The van der Waals surface area contributed by atoms with Crippen LogP contribution in [0.3, 0.4) is 0 Å². The number of amides is 1. The molecule has 25 heavy (non-hydrogen) atoms. The quantitative estimate of drug-likeness (QED) is 0.483. The number of rotatable bonds is 6. The number of benzene rings is 1. The molecule has 1 atom stereocenters. The molecule has 0 saturated heterocycles. The van der Waals surface area contributed by atoms with Crippen molar-refractivity contribution in [1.29, 1.82) is 0 Å². The van der Waals surface area contributed by atoms with Crippen molar-refractivity contribution in [3.63, 3.8) is 0 Å². The van der Waals surface area contributed by atoms with E-state index in [1.165, 1.54) is 17.7 Å². The molecule has 0 unspecified atom stereocenters. The van der Waals surface area contributed by atoms with Crippen LogP contribution < -0.4 is 5.32 Å². The van der Waals surface area contributed by atoms with Gasteiger partial charge in [0.15, 0.2) is 6.61 Å². The maximum Gasteiger partial charge on any atom is 0.349 e. The molecule has 0 aliphatic heterocycles.